The topological polar surface area (TPSA) is 38.0 Å². The molecule has 3 N–H and O–H groups in total. The van der Waals surface area contributed by atoms with Crippen molar-refractivity contribution in [2.24, 2.45) is 5.84 Å². The molecule has 1 aromatic carbocycles. The summed E-state index contributed by atoms with van der Waals surface area (Å²) in [5.74, 6) is 5.13. The maximum Gasteiger partial charge on any atom is 0.0438 e. The van der Waals surface area contributed by atoms with E-state index in [-0.39, 0.29) is 0 Å². The molecule has 0 heterocycles. The van der Waals surface area contributed by atoms with Gasteiger partial charge in [-0.25, -0.2) is 0 Å². The van der Waals surface area contributed by atoms with E-state index in [4.69, 9.17) is 17.4 Å². The van der Waals surface area contributed by atoms with Crippen molar-refractivity contribution in [2.45, 2.75) is 6.42 Å². The Hall–Kier alpha value is -0.570. The Bertz CT molecular complexity index is 225. The van der Waals surface area contributed by atoms with Gasteiger partial charge < -0.3 is 0 Å². The number of hydrogen-bond donors (Lipinski definition) is 2. The molecule has 0 fully saturated rings. The highest BCUT2D eigenvalue weighted by molar-refractivity contribution is 6.31. The van der Waals surface area contributed by atoms with Crippen LogP contribution in [0.4, 0.5) is 0 Å². The fourth-order valence-electron chi connectivity index (χ4n) is 0.908. The SMILES string of the molecule is NNCCc1ccccc1Cl. The van der Waals surface area contributed by atoms with Gasteiger partial charge in [-0.05, 0) is 18.1 Å². The Labute approximate surface area is 71.3 Å². The van der Waals surface area contributed by atoms with Gasteiger partial charge in [0, 0.05) is 11.6 Å². The first-order chi connectivity index (χ1) is 5.34. The molecule has 3 heteroatoms. The minimum atomic E-state index is 0.754. The van der Waals surface area contributed by atoms with E-state index in [2.05, 4.69) is 5.43 Å². The van der Waals surface area contributed by atoms with Crippen LogP contribution in [0.1, 0.15) is 5.56 Å². The second-order valence-corrected chi connectivity index (χ2v) is 2.70. The summed E-state index contributed by atoms with van der Waals surface area (Å²) >= 11 is 5.89. The van der Waals surface area contributed by atoms with Crippen LogP contribution >= 0.6 is 11.6 Å². The van der Waals surface area contributed by atoms with Gasteiger partial charge in [0.1, 0.15) is 0 Å². The van der Waals surface area contributed by atoms with Gasteiger partial charge in [0.15, 0.2) is 0 Å². The maximum atomic E-state index is 5.89. The molecular formula is C8H11ClN2. The fourth-order valence-corrected chi connectivity index (χ4v) is 1.14. The van der Waals surface area contributed by atoms with Crippen molar-refractivity contribution >= 4 is 11.6 Å². The van der Waals surface area contributed by atoms with Gasteiger partial charge in [-0.15, -0.1) is 0 Å². The lowest BCUT2D eigenvalue weighted by Crippen LogP contribution is -2.24. The molecule has 1 rings (SSSR count). The van der Waals surface area contributed by atoms with Gasteiger partial charge in [0.2, 0.25) is 0 Å². The van der Waals surface area contributed by atoms with Crippen molar-refractivity contribution in [3.63, 3.8) is 0 Å². The highest BCUT2D eigenvalue weighted by Gasteiger charge is 1.95. The van der Waals surface area contributed by atoms with Crippen LogP contribution < -0.4 is 11.3 Å². The fraction of sp³-hybridized carbons (Fsp3) is 0.250. The van der Waals surface area contributed by atoms with E-state index in [1.165, 1.54) is 0 Å². The summed E-state index contributed by atoms with van der Waals surface area (Å²) < 4.78 is 0. The third-order valence-electron chi connectivity index (χ3n) is 1.50. The van der Waals surface area contributed by atoms with Crippen LogP contribution in [0.5, 0.6) is 0 Å². The lowest BCUT2D eigenvalue weighted by atomic mass is 10.1. The largest absolute Gasteiger partial charge is 0.271 e. The molecule has 0 atom stereocenters. The zero-order valence-corrected chi connectivity index (χ0v) is 6.93. The van der Waals surface area contributed by atoms with Crippen LogP contribution in [0.15, 0.2) is 24.3 Å². The molecule has 0 aliphatic heterocycles. The highest BCUT2D eigenvalue weighted by Crippen LogP contribution is 2.14. The Morgan fingerprint density at radius 3 is 2.73 bits per heavy atom. The number of nitrogens with two attached hydrogens (primary N) is 1. The molecule has 0 saturated carbocycles. The average molecular weight is 171 g/mol. The highest BCUT2D eigenvalue weighted by atomic mass is 35.5. The summed E-state index contributed by atoms with van der Waals surface area (Å²) in [6, 6.07) is 7.77. The molecule has 0 amide bonds. The first-order valence-corrected chi connectivity index (χ1v) is 3.89. The molecular weight excluding hydrogens is 160 g/mol. The number of halogens is 1. The average Bonchev–Trinajstić information content (AvgIpc) is 2.03. The lowest BCUT2D eigenvalue weighted by molar-refractivity contribution is 0.728. The molecule has 0 saturated heterocycles. The number of nitrogens with one attached hydrogen (secondary N) is 1. The molecule has 0 radical (unpaired) electrons. The van der Waals surface area contributed by atoms with Crippen LogP contribution in [0.2, 0.25) is 5.02 Å². The van der Waals surface area contributed by atoms with E-state index in [1.54, 1.807) is 0 Å². The molecule has 0 aromatic heterocycles. The molecule has 1 aromatic rings. The van der Waals surface area contributed by atoms with Crippen LogP contribution in [0, 0.1) is 0 Å². The monoisotopic (exact) mass is 170 g/mol. The predicted molar refractivity (Wildman–Crippen MR) is 47.3 cm³/mol. The zero-order chi connectivity index (χ0) is 8.10. The Balaban J connectivity index is 2.62. The van der Waals surface area contributed by atoms with E-state index in [9.17, 15) is 0 Å². The Kier molecular flexibility index (Phi) is 3.36. The summed E-state index contributed by atoms with van der Waals surface area (Å²) in [5.41, 5.74) is 3.72. The molecule has 2 nitrogen and oxygen atoms in total. The van der Waals surface area contributed by atoms with Crippen LogP contribution in [0.25, 0.3) is 0 Å². The normalized spacial score (nSPS) is 10.0. The molecule has 0 unspecified atom stereocenters. The standard InChI is InChI=1S/C8H11ClN2/c9-8-4-2-1-3-7(8)5-6-11-10/h1-4,11H,5-6,10H2. The quantitative estimate of drug-likeness (QED) is 0.531. The summed E-state index contributed by atoms with van der Waals surface area (Å²) in [5, 5.41) is 0.808. The maximum absolute atomic E-state index is 5.89. The molecule has 0 aliphatic carbocycles. The van der Waals surface area contributed by atoms with Gasteiger partial charge in [-0.3, -0.25) is 11.3 Å². The first kappa shape index (κ1) is 8.53. The third kappa shape index (κ3) is 2.50. The van der Waals surface area contributed by atoms with Crippen molar-refractivity contribution < 1.29 is 0 Å². The summed E-state index contributed by atoms with van der Waals surface area (Å²) in [6.45, 7) is 0.754. The van der Waals surface area contributed by atoms with E-state index >= 15 is 0 Å². The van der Waals surface area contributed by atoms with Gasteiger partial charge in [0.25, 0.3) is 0 Å². The van der Waals surface area contributed by atoms with Crippen LogP contribution in [-0.2, 0) is 6.42 Å². The van der Waals surface area contributed by atoms with Crippen molar-refractivity contribution in [3.05, 3.63) is 34.9 Å². The molecule has 60 valence electrons. The van der Waals surface area contributed by atoms with Crippen molar-refractivity contribution in [3.8, 4) is 0 Å². The van der Waals surface area contributed by atoms with Crippen LogP contribution in [0.3, 0.4) is 0 Å². The molecule has 11 heavy (non-hydrogen) atoms. The Morgan fingerprint density at radius 1 is 1.36 bits per heavy atom. The van der Waals surface area contributed by atoms with Crippen molar-refractivity contribution in [1.29, 1.82) is 0 Å². The second kappa shape index (κ2) is 4.34. The van der Waals surface area contributed by atoms with Crippen LogP contribution in [-0.4, -0.2) is 6.54 Å². The van der Waals surface area contributed by atoms with Gasteiger partial charge in [0.05, 0.1) is 0 Å². The zero-order valence-electron chi connectivity index (χ0n) is 6.18. The van der Waals surface area contributed by atoms with Gasteiger partial charge in [-0.1, -0.05) is 29.8 Å². The molecule has 0 spiro atoms. The summed E-state index contributed by atoms with van der Waals surface area (Å²) in [4.78, 5) is 0. The molecule has 0 aliphatic rings. The third-order valence-corrected chi connectivity index (χ3v) is 1.87. The van der Waals surface area contributed by atoms with E-state index < -0.39 is 0 Å². The number of rotatable bonds is 3. The summed E-state index contributed by atoms with van der Waals surface area (Å²) in [7, 11) is 0. The number of hydrazine groups is 1. The van der Waals surface area contributed by atoms with Gasteiger partial charge in [-0.2, -0.15) is 0 Å². The minimum absolute atomic E-state index is 0.754. The smallest absolute Gasteiger partial charge is 0.0438 e. The van der Waals surface area contributed by atoms with E-state index in [0.29, 0.717) is 0 Å². The van der Waals surface area contributed by atoms with E-state index in [1.807, 2.05) is 24.3 Å². The summed E-state index contributed by atoms with van der Waals surface area (Å²) in [6.07, 6.45) is 0.871. The predicted octanol–water partition coefficient (Wildman–Crippen LogP) is 1.35. The van der Waals surface area contributed by atoms with Crippen molar-refractivity contribution in [2.75, 3.05) is 6.54 Å². The second-order valence-electron chi connectivity index (χ2n) is 2.30. The van der Waals surface area contributed by atoms with E-state index in [0.717, 1.165) is 23.6 Å². The Morgan fingerprint density at radius 2 is 2.09 bits per heavy atom. The minimum Gasteiger partial charge on any atom is -0.271 e. The van der Waals surface area contributed by atoms with Gasteiger partial charge >= 0.3 is 0 Å². The first-order valence-electron chi connectivity index (χ1n) is 3.51. The number of benzene rings is 1. The lowest BCUT2D eigenvalue weighted by Gasteiger charge is -2.01. The number of hydrogen-bond acceptors (Lipinski definition) is 2. The van der Waals surface area contributed by atoms with Crippen molar-refractivity contribution in [1.82, 2.24) is 5.43 Å². The molecule has 0 bridgehead atoms.